The van der Waals surface area contributed by atoms with Crippen molar-refractivity contribution in [1.29, 1.82) is 0 Å². The van der Waals surface area contributed by atoms with E-state index in [0.717, 1.165) is 22.4 Å². The van der Waals surface area contributed by atoms with E-state index in [1.54, 1.807) is 6.20 Å². The van der Waals surface area contributed by atoms with Crippen LogP contribution < -0.4 is 0 Å². The topological polar surface area (TPSA) is 12.9 Å². The lowest BCUT2D eigenvalue weighted by molar-refractivity contribution is 0.519. The van der Waals surface area contributed by atoms with Crippen molar-refractivity contribution in [3.05, 3.63) is 52.9 Å². The molecule has 1 aliphatic rings. The molecule has 0 saturated heterocycles. The SMILES string of the molecule is C/C=C\c1ncc(C2=CC(F)=C(F)CC2)cc1C. The zero-order valence-electron chi connectivity index (χ0n) is 10.5. The lowest BCUT2D eigenvalue weighted by atomic mass is 9.96. The third-order valence-corrected chi connectivity index (χ3v) is 2.99. The predicted octanol–water partition coefficient (Wildman–Crippen LogP) is 4.75. The Bertz CT molecular complexity index is 554. The van der Waals surface area contributed by atoms with Crippen LogP contribution in [-0.4, -0.2) is 4.98 Å². The van der Waals surface area contributed by atoms with Gasteiger partial charge in [-0.2, -0.15) is 0 Å². The van der Waals surface area contributed by atoms with E-state index in [1.807, 2.05) is 32.1 Å². The number of aryl methyl sites for hydroxylation is 1. The average molecular weight is 247 g/mol. The highest BCUT2D eigenvalue weighted by molar-refractivity contribution is 5.70. The summed E-state index contributed by atoms with van der Waals surface area (Å²) in [6, 6.07) is 1.96. The molecular formula is C15H15F2N. The van der Waals surface area contributed by atoms with Gasteiger partial charge in [-0.1, -0.05) is 6.08 Å². The zero-order valence-corrected chi connectivity index (χ0v) is 10.5. The van der Waals surface area contributed by atoms with Crippen molar-refractivity contribution < 1.29 is 8.78 Å². The molecule has 1 heterocycles. The number of nitrogens with zero attached hydrogens (tertiary/aromatic N) is 1. The lowest BCUT2D eigenvalue weighted by Crippen LogP contribution is -1.96. The van der Waals surface area contributed by atoms with E-state index in [9.17, 15) is 8.78 Å². The summed E-state index contributed by atoms with van der Waals surface area (Å²) in [6.07, 6.45) is 7.48. The summed E-state index contributed by atoms with van der Waals surface area (Å²) < 4.78 is 26.2. The van der Waals surface area contributed by atoms with Gasteiger partial charge in [0.15, 0.2) is 5.83 Å². The summed E-state index contributed by atoms with van der Waals surface area (Å²) in [5.74, 6) is -1.42. The van der Waals surface area contributed by atoms with Crippen molar-refractivity contribution in [2.75, 3.05) is 0 Å². The van der Waals surface area contributed by atoms with Crippen LogP contribution in [0.5, 0.6) is 0 Å². The van der Waals surface area contributed by atoms with Crippen LogP contribution in [0, 0.1) is 6.92 Å². The Morgan fingerprint density at radius 3 is 2.67 bits per heavy atom. The fourth-order valence-electron chi connectivity index (χ4n) is 1.99. The van der Waals surface area contributed by atoms with Gasteiger partial charge in [0.05, 0.1) is 5.69 Å². The van der Waals surface area contributed by atoms with Crippen LogP contribution in [-0.2, 0) is 0 Å². The highest BCUT2D eigenvalue weighted by Crippen LogP contribution is 2.31. The van der Waals surface area contributed by atoms with Crippen molar-refractivity contribution >= 4 is 11.6 Å². The number of hydrogen-bond acceptors (Lipinski definition) is 1. The van der Waals surface area contributed by atoms with Crippen molar-refractivity contribution in [3.63, 3.8) is 0 Å². The molecule has 2 rings (SSSR count). The Morgan fingerprint density at radius 2 is 2.06 bits per heavy atom. The van der Waals surface area contributed by atoms with Gasteiger partial charge in [0.2, 0.25) is 0 Å². The van der Waals surface area contributed by atoms with Crippen LogP contribution >= 0.6 is 0 Å². The summed E-state index contributed by atoms with van der Waals surface area (Å²) in [5, 5.41) is 0. The van der Waals surface area contributed by atoms with E-state index in [-0.39, 0.29) is 6.42 Å². The largest absolute Gasteiger partial charge is 0.256 e. The summed E-state index contributed by atoms with van der Waals surface area (Å²) in [5.41, 5.74) is 3.60. The molecular weight excluding hydrogens is 232 g/mol. The van der Waals surface area contributed by atoms with Crippen molar-refractivity contribution in [3.8, 4) is 0 Å². The third kappa shape index (κ3) is 2.55. The molecule has 18 heavy (non-hydrogen) atoms. The standard InChI is InChI=1S/C15H15F2N/c1-3-4-15-10(2)7-12(9-18-15)11-5-6-13(16)14(17)8-11/h3-4,7-9H,5-6H2,1-2H3/b4-3-. The molecule has 3 heteroatoms. The monoisotopic (exact) mass is 247 g/mol. The van der Waals surface area contributed by atoms with Crippen molar-refractivity contribution in [2.45, 2.75) is 26.7 Å². The van der Waals surface area contributed by atoms with E-state index >= 15 is 0 Å². The number of hydrogen-bond donors (Lipinski definition) is 0. The van der Waals surface area contributed by atoms with Gasteiger partial charge in [-0.05, 0) is 55.2 Å². The molecule has 0 radical (unpaired) electrons. The number of halogens is 2. The zero-order chi connectivity index (χ0) is 13.1. The number of rotatable bonds is 2. The summed E-state index contributed by atoms with van der Waals surface area (Å²) >= 11 is 0. The fraction of sp³-hybridized carbons (Fsp3) is 0.267. The quantitative estimate of drug-likeness (QED) is 0.734. The van der Waals surface area contributed by atoms with Gasteiger partial charge in [-0.15, -0.1) is 0 Å². The normalized spacial score (nSPS) is 16.3. The molecule has 0 amide bonds. The van der Waals surface area contributed by atoms with Gasteiger partial charge in [-0.3, -0.25) is 4.98 Å². The van der Waals surface area contributed by atoms with Crippen LogP contribution in [0.2, 0.25) is 0 Å². The first-order valence-electron chi connectivity index (χ1n) is 5.96. The van der Waals surface area contributed by atoms with E-state index in [1.165, 1.54) is 6.08 Å². The second-order valence-corrected chi connectivity index (χ2v) is 4.35. The molecule has 0 saturated carbocycles. The summed E-state index contributed by atoms with van der Waals surface area (Å²) in [6.45, 7) is 3.89. The Balaban J connectivity index is 2.36. The van der Waals surface area contributed by atoms with Crippen LogP contribution in [0.4, 0.5) is 8.78 Å². The first-order chi connectivity index (χ1) is 8.61. The van der Waals surface area contributed by atoms with Crippen LogP contribution in [0.3, 0.4) is 0 Å². The van der Waals surface area contributed by atoms with E-state index in [4.69, 9.17) is 0 Å². The molecule has 0 bridgehead atoms. The van der Waals surface area contributed by atoms with Crippen LogP contribution in [0.15, 0.2) is 36.1 Å². The van der Waals surface area contributed by atoms with Gasteiger partial charge in [0, 0.05) is 12.6 Å². The van der Waals surface area contributed by atoms with E-state index < -0.39 is 11.7 Å². The molecule has 0 N–H and O–H groups in total. The van der Waals surface area contributed by atoms with Crippen molar-refractivity contribution in [1.82, 2.24) is 4.98 Å². The number of aromatic nitrogens is 1. The van der Waals surface area contributed by atoms with Gasteiger partial charge < -0.3 is 0 Å². The predicted molar refractivity (Wildman–Crippen MR) is 70.1 cm³/mol. The Hall–Kier alpha value is -1.77. The van der Waals surface area contributed by atoms with E-state index in [0.29, 0.717) is 6.42 Å². The summed E-state index contributed by atoms with van der Waals surface area (Å²) in [7, 11) is 0. The van der Waals surface area contributed by atoms with Gasteiger partial charge in [-0.25, -0.2) is 8.78 Å². The minimum atomic E-state index is -0.758. The maximum absolute atomic E-state index is 13.2. The van der Waals surface area contributed by atoms with Crippen molar-refractivity contribution in [2.24, 2.45) is 0 Å². The lowest BCUT2D eigenvalue weighted by Gasteiger charge is -2.13. The van der Waals surface area contributed by atoms with E-state index in [2.05, 4.69) is 4.98 Å². The highest BCUT2D eigenvalue weighted by Gasteiger charge is 2.15. The first kappa shape index (κ1) is 12.7. The first-order valence-corrected chi connectivity index (χ1v) is 5.96. The molecule has 94 valence electrons. The molecule has 1 nitrogen and oxygen atoms in total. The molecule has 1 aromatic heterocycles. The smallest absolute Gasteiger partial charge is 0.154 e. The molecule has 0 spiro atoms. The molecule has 0 aromatic carbocycles. The maximum Gasteiger partial charge on any atom is 0.154 e. The van der Waals surface area contributed by atoms with Gasteiger partial charge in [0.25, 0.3) is 0 Å². The number of pyridine rings is 1. The van der Waals surface area contributed by atoms with Gasteiger partial charge >= 0.3 is 0 Å². The van der Waals surface area contributed by atoms with Crippen LogP contribution in [0.1, 0.15) is 36.6 Å². The maximum atomic E-state index is 13.2. The minimum absolute atomic E-state index is 0.132. The molecule has 1 aliphatic carbocycles. The molecule has 0 atom stereocenters. The van der Waals surface area contributed by atoms with Crippen LogP contribution in [0.25, 0.3) is 11.6 Å². The second-order valence-electron chi connectivity index (χ2n) is 4.35. The minimum Gasteiger partial charge on any atom is -0.256 e. The van der Waals surface area contributed by atoms with Gasteiger partial charge in [0.1, 0.15) is 5.83 Å². The average Bonchev–Trinajstić information content (AvgIpc) is 2.35. The Kier molecular flexibility index (Phi) is 3.70. The number of allylic oxidation sites excluding steroid dienone is 5. The Labute approximate surface area is 106 Å². The molecule has 0 aliphatic heterocycles. The third-order valence-electron chi connectivity index (χ3n) is 2.99. The molecule has 0 fully saturated rings. The summed E-state index contributed by atoms with van der Waals surface area (Å²) in [4.78, 5) is 4.33. The molecule has 0 unspecified atom stereocenters. The Morgan fingerprint density at radius 1 is 1.28 bits per heavy atom. The molecule has 1 aromatic rings. The second kappa shape index (κ2) is 5.25. The fourth-order valence-corrected chi connectivity index (χ4v) is 1.99. The highest BCUT2D eigenvalue weighted by atomic mass is 19.2.